The van der Waals surface area contributed by atoms with E-state index in [0.29, 0.717) is 19.0 Å². The van der Waals surface area contributed by atoms with Gasteiger partial charge in [0, 0.05) is 13.1 Å². The predicted molar refractivity (Wildman–Crippen MR) is 75.7 cm³/mol. The van der Waals surface area contributed by atoms with Gasteiger partial charge in [-0.2, -0.15) is 0 Å². The lowest BCUT2D eigenvalue weighted by Gasteiger charge is -2.13. The molecule has 2 amide bonds. The zero-order valence-corrected chi connectivity index (χ0v) is 11.8. The number of amides is 2. The average molecular weight is 262 g/mol. The van der Waals surface area contributed by atoms with E-state index in [0.717, 1.165) is 5.56 Å². The second-order valence-electron chi connectivity index (χ2n) is 5.13. The molecule has 0 saturated heterocycles. The number of carbonyl (C=O) groups excluding carboxylic acids is 2. The van der Waals surface area contributed by atoms with Crippen molar-refractivity contribution in [1.29, 1.82) is 0 Å². The molecule has 0 saturated carbocycles. The van der Waals surface area contributed by atoms with Crippen molar-refractivity contribution in [3.63, 3.8) is 0 Å². The van der Waals surface area contributed by atoms with Crippen molar-refractivity contribution >= 4 is 11.8 Å². The molecule has 4 heteroatoms. The molecule has 1 atom stereocenters. The second-order valence-corrected chi connectivity index (χ2v) is 5.13. The quantitative estimate of drug-likeness (QED) is 0.793. The molecule has 2 N–H and O–H groups in total. The number of nitrogens with one attached hydrogen (secondary N) is 2. The van der Waals surface area contributed by atoms with E-state index in [2.05, 4.69) is 10.6 Å². The van der Waals surface area contributed by atoms with Gasteiger partial charge in [0.25, 0.3) is 0 Å². The third-order valence-corrected chi connectivity index (χ3v) is 2.81. The number of hydrogen-bond donors (Lipinski definition) is 2. The van der Waals surface area contributed by atoms with E-state index in [1.165, 1.54) is 0 Å². The Labute approximate surface area is 114 Å². The minimum atomic E-state index is -0.566. The fourth-order valence-electron chi connectivity index (χ4n) is 1.60. The van der Waals surface area contributed by atoms with Crippen LogP contribution < -0.4 is 10.6 Å². The van der Waals surface area contributed by atoms with Gasteiger partial charge in [0.1, 0.15) is 0 Å². The first-order valence-corrected chi connectivity index (χ1v) is 6.61. The molecule has 104 valence electrons. The predicted octanol–water partition coefficient (Wildman–Crippen LogP) is 1.68. The summed E-state index contributed by atoms with van der Waals surface area (Å²) in [6, 6.07) is 9.89. The minimum Gasteiger partial charge on any atom is -0.348 e. The Morgan fingerprint density at radius 1 is 0.947 bits per heavy atom. The largest absolute Gasteiger partial charge is 0.348 e. The molecular weight excluding hydrogens is 240 g/mol. The zero-order chi connectivity index (χ0) is 14.3. The number of hydrogen-bond acceptors (Lipinski definition) is 2. The first-order chi connectivity index (χ1) is 9.00. The molecular formula is C15H22N2O2. The van der Waals surface area contributed by atoms with Crippen molar-refractivity contribution in [3.8, 4) is 0 Å². The van der Waals surface area contributed by atoms with Gasteiger partial charge in [-0.3, -0.25) is 9.59 Å². The summed E-state index contributed by atoms with van der Waals surface area (Å²) in [4.78, 5) is 23.0. The number of carbonyl (C=O) groups is 2. The van der Waals surface area contributed by atoms with E-state index in [1.807, 2.05) is 51.1 Å². The average Bonchev–Trinajstić information content (AvgIpc) is 2.42. The van der Waals surface area contributed by atoms with Crippen LogP contribution in [0.15, 0.2) is 30.3 Å². The molecule has 0 aromatic heterocycles. The van der Waals surface area contributed by atoms with Crippen LogP contribution in [-0.4, -0.2) is 24.9 Å². The standard InChI is InChI=1S/C15H22N2O2/c1-11(2)9-16-14(18)15(19)17-10-12(3)13-7-5-4-6-8-13/h4-8,11-12H,9-10H2,1-3H3,(H,16,18)(H,17,19)/t12-/m0/s1. The highest BCUT2D eigenvalue weighted by molar-refractivity contribution is 6.35. The van der Waals surface area contributed by atoms with Crippen molar-refractivity contribution in [2.75, 3.05) is 13.1 Å². The molecule has 0 spiro atoms. The maximum atomic E-state index is 11.6. The molecule has 0 fully saturated rings. The van der Waals surface area contributed by atoms with Crippen molar-refractivity contribution in [1.82, 2.24) is 10.6 Å². The molecule has 19 heavy (non-hydrogen) atoms. The first kappa shape index (κ1) is 15.2. The molecule has 0 aliphatic heterocycles. The number of rotatable bonds is 5. The van der Waals surface area contributed by atoms with Gasteiger partial charge in [-0.15, -0.1) is 0 Å². The monoisotopic (exact) mass is 262 g/mol. The van der Waals surface area contributed by atoms with Crippen LogP contribution >= 0.6 is 0 Å². The second kappa shape index (κ2) is 7.56. The zero-order valence-electron chi connectivity index (χ0n) is 11.8. The number of benzene rings is 1. The fourth-order valence-corrected chi connectivity index (χ4v) is 1.60. The van der Waals surface area contributed by atoms with Crippen LogP contribution in [-0.2, 0) is 9.59 Å². The van der Waals surface area contributed by atoms with Crippen LogP contribution in [0.4, 0.5) is 0 Å². The minimum absolute atomic E-state index is 0.183. The molecule has 0 aliphatic rings. The Balaban J connectivity index is 2.36. The highest BCUT2D eigenvalue weighted by Crippen LogP contribution is 2.12. The van der Waals surface area contributed by atoms with Crippen molar-refractivity contribution < 1.29 is 9.59 Å². The van der Waals surface area contributed by atoms with Gasteiger partial charge in [0.05, 0.1) is 0 Å². The van der Waals surface area contributed by atoms with Gasteiger partial charge in [0.2, 0.25) is 0 Å². The van der Waals surface area contributed by atoms with Gasteiger partial charge in [-0.1, -0.05) is 51.1 Å². The van der Waals surface area contributed by atoms with E-state index in [4.69, 9.17) is 0 Å². The van der Waals surface area contributed by atoms with Crippen LogP contribution in [0.1, 0.15) is 32.3 Å². The normalized spacial score (nSPS) is 12.0. The summed E-state index contributed by atoms with van der Waals surface area (Å²) in [5, 5.41) is 5.25. The van der Waals surface area contributed by atoms with Gasteiger partial charge < -0.3 is 10.6 Å². The smallest absolute Gasteiger partial charge is 0.309 e. The molecule has 0 unspecified atom stereocenters. The summed E-state index contributed by atoms with van der Waals surface area (Å²) in [5.74, 6) is -0.611. The van der Waals surface area contributed by atoms with Gasteiger partial charge in [0.15, 0.2) is 0 Å². The molecule has 0 bridgehead atoms. The Kier molecular flexibility index (Phi) is 6.06. The van der Waals surface area contributed by atoms with Crippen LogP contribution in [0.5, 0.6) is 0 Å². The SMILES string of the molecule is CC(C)CNC(=O)C(=O)NC[C@H](C)c1ccccc1. The van der Waals surface area contributed by atoms with E-state index in [9.17, 15) is 9.59 Å². The van der Waals surface area contributed by atoms with E-state index >= 15 is 0 Å². The van der Waals surface area contributed by atoms with Crippen molar-refractivity contribution in [3.05, 3.63) is 35.9 Å². The van der Waals surface area contributed by atoms with Crippen molar-refractivity contribution in [2.24, 2.45) is 5.92 Å². The maximum absolute atomic E-state index is 11.6. The Hall–Kier alpha value is -1.84. The van der Waals surface area contributed by atoms with Gasteiger partial charge in [-0.05, 0) is 17.4 Å². The Morgan fingerprint density at radius 3 is 2.00 bits per heavy atom. The third-order valence-electron chi connectivity index (χ3n) is 2.81. The molecule has 1 aromatic carbocycles. The summed E-state index contributed by atoms with van der Waals surface area (Å²) in [7, 11) is 0. The summed E-state index contributed by atoms with van der Waals surface area (Å²) in [5.41, 5.74) is 1.14. The lowest BCUT2D eigenvalue weighted by atomic mass is 10.0. The molecule has 0 aliphatic carbocycles. The Bertz CT molecular complexity index is 415. The summed E-state index contributed by atoms with van der Waals surface area (Å²) in [6.45, 7) is 6.95. The van der Waals surface area contributed by atoms with Gasteiger partial charge >= 0.3 is 11.8 Å². The lowest BCUT2D eigenvalue weighted by molar-refractivity contribution is -0.139. The van der Waals surface area contributed by atoms with E-state index in [1.54, 1.807) is 0 Å². The van der Waals surface area contributed by atoms with E-state index < -0.39 is 11.8 Å². The van der Waals surface area contributed by atoms with Crippen molar-refractivity contribution in [2.45, 2.75) is 26.7 Å². The van der Waals surface area contributed by atoms with Gasteiger partial charge in [-0.25, -0.2) is 0 Å². The molecule has 4 nitrogen and oxygen atoms in total. The summed E-state index contributed by atoms with van der Waals surface area (Å²) < 4.78 is 0. The lowest BCUT2D eigenvalue weighted by Crippen LogP contribution is -2.42. The summed E-state index contributed by atoms with van der Waals surface area (Å²) >= 11 is 0. The summed E-state index contributed by atoms with van der Waals surface area (Å²) in [6.07, 6.45) is 0. The fraction of sp³-hybridized carbons (Fsp3) is 0.467. The molecule has 1 rings (SSSR count). The van der Waals surface area contributed by atoms with Crippen LogP contribution in [0.3, 0.4) is 0 Å². The highest BCUT2D eigenvalue weighted by Gasteiger charge is 2.14. The molecule has 0 radical (unpaired) electrons. The first-order valence-electron chi connectivity index (χ1n) is 6.61. The molecule has 0 heterocycles. The van der Waals surface area contributed by atoms with Crippen LogP contribution in [0.2, 0.25) is 0 Å². The molecule has 1 aromatic rings. The van der Waals surface area contributed by atoms with Crippen LogP contribution in [0.25, 0.3) is 0 Å². The van der Waals surface area contributed by atoms with E-state index in [-0.39, 0.29) is 5.92 Å². The highest BCUT2D eigenvalue weighted by atomic mass is 16.2. The van der Waals surface area contributed by atoms with Crippen LogP contribution in [0, 0.1) is 5.92 Å². The maximum Gasteiger partial charge on any atom is 0.309 e. The topological polar surface area (TPSA) is 58.2 Å². The Morgan fingerprint density at radius 2 is 1.47 bits per heavy atom. The third kappa shape index (κ3) is 5.55.